The van der Waals surface area contributed by atoms with Crippen LogP contribution in [0.4, 0.5) is 0 Å². The highest BCUT2D eigenvalue weighted by molar-refractivity contribution is 5.77. The van der Waals surface area contributed by atoms with Crippen molar-refractivity contribution in [2.24, 2.45) is 0 Å². The van der Waals surface area contributed by atoms with Crippen molar-refractivity contribution in [2.75, 3.05) is 32.7 Å². The summed E-state index contributed by atoms with van der Waals surface area (Å²) in [5, 5.41) is 0. The van der Waals surface area contributed by atoms with E-state index in [0.29, 0.717) is 38.6 Å². The van der Waals surface area contributed by atoms with Crippen molar-refractivity contribution in [2.45, 2.75) is 39.8 Å². The minimum absolute atomic E-state index is 0.0935. The van der Waals surface area contributed by atoms with Crippen LogP contribution >= 0.6 is 0 Å². The fourth-order valence-corrected chi connectivity index (χ4v) is 3.01. The van der Waals surface area contributed by atoms with Gasteiger partial charge in [-0.25, -0.2) is 0 Å². The van der Waals surface area contributed by atoms with Gasteiger partial charge in [0.15, 0.2) is 0 Å². The van der Waals surface area contributed by atoms with Crippen molar-refractivity contribution in [3.05, 3.63) is 35.9 Å². The molecule has 1 saturated heterocycles. The van der Waals surface area contributed by atoms with E-state index in [2.05, 4.69) is 30.9 Å². The van der Waals surface area contributed by atoms with Crippen LogP contribution in [-0.4, -0.2) is 65.3 Å². The molecule has 1 aliphatic rings. The van der Waals surface area contributed by atoms with E-state index in [4.69, 9.17) is 0 Å². The van der Waals surface area contributed by atoms with Gasteiger partial charge in [-0.3, -0.25) is 14.5 Å². The largest absolute Gasteiger partial charge is 0.339 e. The number of carbonyl (C=O) groups excluding carboxylic acids is 2. The van der Waals surface area contributed by atoms with Gasteiger partial charge in [0.2, 0.25) is 11.8 Å². The number of benzene rings is 1. The maximum atomic E-state index is 12.4. The van der Waals surface area contributed by atoms with Gasteiger partial charge < -0.3 is 9.80 Å². The summed E-state index contributed by atoms with van der Waals surface area (Å²) in [4.78, 5) is 29.8. The van der Waals surface area contributed by atoms with Gasteiger partial charge in [0, 0.05) is 58.7 Å². The molecular formula is C19H29N3O2. The molecule has 1 aromatic carbocycles. The van der Waals surface area contributed by atoms with Crippen molar-refractivity contribution < 1.29 is 9.59 Å². The Labute approximate surface area is 145 Å². The molecule has 0 N–H and O–H groups in total. The number of amides is 2. The van der Waals surface area contributed by atoms with E-state index in [1.165, 1.54) is 5.56 Å². The van der Waals surface area contributed by atoms with Crippen LogP contribution in [0.2, 0.25) is 0 Å². The lowest BCUT2D eigenvalue weighted by molar-refractivity contribution is -0.138. The smallest absolute Gasteiger partial charge is 0.223 e. The van der Waals surface area contributed by atoms with Crippen molar-refractivity contribution in [3.8, 4) is 0 Å². The fourth-order valence-electron chi connectivity index (χ4n) is 3.01. The molecule has 2 amide bonds. The molecule has 0 spiro atoms. The van der Waals surface area contributed by atoms with E-state index in [9.17, 15) is 9.59 Å². The third-order valence-electron chi connectivity index (χ3n) is 4.65. The van der Waals surface area contributed by atoms with E-state index >= 15 is 0 Å². The van der Waals surface area contributed by atoms with Gasteiger partial charge in [-0.05, 0) is 19.4 Å². The molecule has 5 heteroatoms. The lowest BCUT2D eigenvalue weighted by Crippen LogP contribution is -2.50. The van der Waals surface area contributed by atoms with Crippen LogP contribution in [-0.2, 0) is 16.1 Å². The van der Waals surface area contributed by atoms with Crippen molar-refractivity contribution in [3.63, 3.8) is 0 Å². The Morgan fingerprint density at radius 3 is 2.17 bits per heavy atom. The lowest BCUT2D eigenvalue weighted by Gasteiger charge is -2.35. The maximum absolute atomic E-state index is 12.4. The van der Waals surface area contributed by atoms with E-state index in [1.54, 1.807) is 11.8 Å². The molecule has 24 heavy (non-hydrogen) atoms. The molecule has 0 saturated carbocycles. The zero-order valence-corrected chi connectivity index (χ0v) is 15.1. The minimum atomic E-state index is 0.0935. The van der Waals surface area contributed by atoms with E-state index in [0.717, 1.165) is 13.1 Å². The average molecular weight is 331 g/mol. The van der Waals surface area contributed by atoms with Gasteiger partial charge >= 0.3 is 0 Å². The Morgan fingerprint density at radius 2 is 1.62 bits per heavy atom. The summed E-state index contributed by atoms with van der Waals surface area (Å²) in [6.45, 7) is 10.2. The normalized spacial score (nSPS) is 15.2. The standard InChI is InChI=1S/C19H29N3O2/c1-16(2)22(15-18-7-5-4-6-8-18)10-9-19(24)21-13-11-20(12-14-21)17(3)23/h4-8,16H,9-15H2,1-3H3. The molecule has 132 valence electrons. The topological polar surface area (TPSA) is 43.9 Å². The van der Waals surface area contributed by atoms with Gasteiger partial charge in [-0.2, -0.15) is 0 Å². The molecule has 0 unspecified atom stereocenters. The third kappa shape index (κ3) is 5.34. The van der Waals surface area contributed by atoms with Crippen LogP contribution in [0.15, 0.2) is 30.3 Å². The summed E-state index contributed by atoms with van der Waals surface area (Å²) in [6, 6.07) is 10.8. The Hall–Kier alpha value is -1.88. The number of nitrogens with zero attached hydrogens (tertiary/aromatic N) is 3. The maximum Gasteiger partial charge on any atom is 0.223 e. The van der Waals surface area contributed by atoms with E-state index < -0.39 is 0 Å². The SMILES string of the molecule is CC(=O)N1CCN(C(=O)CCN(Cc2ccccc2)C(C)C)CC1. The Kier molecular flexibility index (Phi) is 6.79. The van der Waals surface area contributed by atoms with Crippen LogP contribution in [0.3, 0.4) is 0 Å². The predicted octanol–water partition coefficient (Wildman–Crippen LogP) is 1.98. The molecule has 0 radical (unpaired) electrons. The third-order valence-corrected chi connectivity index (χ3v) is 4.65. The molecule has 0 aromatic heterocycles. The number of piperazine rings is 1. The first kappa shape index (κ1) is 18.5. The van der Waals surface area contributed by atoms with Gasteiger partial charge in [-0.1, -0.05) is 30.3 Å². The summed E-state index contributed by atoms with van der Waals surface area (Å²) >= 11 is 0. The molecule has 1 aromatic rings. The number of carbonyl (C=O) groups is 2. The Balaban J connectivity index is 1.81. The van der Waals surface area contributed by atoms with Crippen molar-refractivity contribution >= 4 is 11.8 Å². The van der Waals surface area contributed by atoms with Gasteiger partial charge in [0.05, 0.1) is 0 Å². The molecule has 0 aliphatic carbocycles. The zero-order valence-electron chi connectivity index (χ0n) is 15.1. The summed E-state index contributed by atoms with van der Waals surface area (Å²) in [5.41, 5.74) is 1.27. The summed E-state index contributed by atoms with van der Waals surface area (Å²) in [5.74, 6) is 0.285. The van der Waals surface area contributed by atoms with Crippen LogP contribution in [0.1, 0.15) is 32.8 Å². The second-order valence-corrected chi connectivity index (χ2v) is 6.69. The summed E-state index contributed by atoms with van der Waals surface area (Å²) < 4.78 is 0. The van der Waals surface area contributed by atoms with Crippen LogP contribution in [0.5, 0.6) is 0 Å². The van der Waals surface area contributed by atoms with Crippen molar-refractivity contribution in [1.29, 1.82) is 0 Å². The number of rotatable bonds is 6. The highest BCUT2D eigenvalue weighted by Crippen LogP contribution is 2.10. The number of hydrogen-bond acceptors (Lipinski definition) is 3. The second-order valence-electron chi connectivity index (χ2n) is 6.69. The van der Waals surface area contributed by atoms with Crippen LogP contribution in [0.25, 0.3) is 0 Å². The molecule has 1 aliphatic heterocycles. The van der Waals surface area contributed by atoms with Crippen molar-refractivity contribution in [1.82, 2.24) is 14.7 Å². The monoisotopic (exact) mass is 331 g/mol. The predicted molar refractivity (Wildman–Crippen MR) is 95.4 cm³/mol. The molecule has 5 nitrogen and oxygen atoms in total. The minimum Gasteiger partial charge on any atom is -0.339 e. The fraction of sp³-hybridized carbons (Fsp3) is 0.579. The van der Waals surface area contributed by atoms with Gasteiger partial charge in [-0.15, -0.1) is 0 Å². The first-order valence-corrected chi connectivity index (χ1v) is 8.78. The van der Waals surface area contributed by atoms with E-state index in [-0.39, 0.29) is 11.8 Å². The zero-order chi connectivity index (χ0) is 17.5. The van der Waals surface area contributed by atoms with E-state index in [1.807, 2.05) is 23.1 Å². The molecule has 0 bridgehead atoms. The molecule has 2 rings (SSSR count). The highest BCUT2D eigenvalue weighted by atomic mass is 16.2. The molecular weight excluding hydrogens is 302 g/mol. The highest BCUT2D eigenvalue weighted by Gasteiger charge is 2.22. The number of hydrogen-bond donors (Lipinski definition) is 0. The van der Waals surface area contributed by atoms with Gasteiger partial charge in [0.1, 0.15) is 0 Å². The summed E-state index contributed by atoms with van der Waals surface area (Å²) in [7, 11) is 0. The van der Waals surface area contributed by atoms with Crippen LogP contribution in [0, 0.1) is 0 Å². The van der Waals surface area contributed by atoms with Crippen LogP contribution < -0.4 is 0 Å². The average Bonchev–Trinajstić information content (AvgIpc) is 2.59. The Morgan fingerprint density at radius 1 is 1.04 bits per heavy atom. The summed E-state index contributed by atoms with van der Waals surface area (Å²) in [6.07, 6.45) is 0.533. The first-order chi connectivity index (χ1) is 11.5. The lowest BCUT2D eigenvalue weighted by atomic mass is 10.1. The molecule has 0 atom stereocenters. The molecule has 1 heterocycles. The quantitative estimate of drug-likeness (QED) is 0.800. The first-order valence-electron chi connectivity index (χ1n) is 8.78. The molecule has 1 fully saturated rings. The second kappa shape index (κ2) is 8.83. The Bertz CT molecular complexity index is 537. The van der Waals surface area contributed by atoms with Gasteiger partial charge in [0.25, 0.3) is 0 Å².